The number of likely N-dealkylation sites (tertiary alicyclic amines) is 1. The molecule has 37 heavy (non-hydrogen) atoms. The summed E-state index contributed by atoms with van der Waals surface area (Å²) < 4.78 is 47.7. The highest BCUT2D eigenvalue weighted by Crippen LogP contribution is 2.27. The van der Waals surface area contributed by atoms with Gasteiger partial charge in [-0.05, 0) is 56.7 Å². The zero-order valence-electron chi connectivity index (χ0n) is 19.3. The van der Waals surface area contributed by atoms with E-state index in [1.165, 1.54) is 18.2 Å². The van der Waals surface area contributed by atoms with Crippen molar-refractivity contribution in [2.45, 2.75) is 31.5 Å². The van der Waals surface area contributed by atoms with Crippen molar-refractivity contribution in [3.8, 4) is 0 Å². The van der Waals surface area contributed by atoms with Crippen LogP contribution in [0.2, 0.25) is 10.2 Å². The Morgan fingerprint density at radius 2 is 1.81 bits per heavy atom. The Morgan fingerprint density at radius 3 is 2.41 bits per heavy atom. The molecule has 3 aromatic rings. The van der Waals surface area contributed by atoms with E-state index in [1.54, 1.807) is 16.7 Å². The van der Waals surface area contributed by atoms with Crippen molar-refractivity contribution in [3.05, 3.63) is 73.6 Å². The lowest BCUT2D eigenvalue weighted by Crippen LogP contribution is -2.43. The summed E-state index contributed by atoms with van der Waals surface area (Å²) in [6.45, 7) is 1.80. The number of fused-ring (bicyclic) bond motifs is 1. The van der Waals surface area contributed by atoms with Gasteiger partial charge in [0.2, 0.25) is 0 Å². The number of aliphatic carboxylic acids is 1. The molecule has 0 unspecified atom stereocenters. The van der Waals surface area contributed by atoms with Crippen LogP contribution in [-0.2, 0) is 11.2 Å². The first-order chi connectivity index (χ1) is 17.3. The molecule has 3 N–H and O–H groups in total. The van der Waals surface area contributed by atoms with Crippen LogP contribution in [-0.4, -0.2) is 63.6 Å². The first-order valence-corrected chi connectivity index (χ1v) is 11.7. The highest BCUT2D eigenvalue weighted by molar-refractivity contribution is 6.42. The Hall–Kier alpha value is -3.09. The Bertz CT molecular complexity index is 1370. The average Bonchev–Trinajstić information content (AvgIpc) is 3.13. The lowest BCUT2D eigenvalue weighted by atomic mass is 10.0. The predicted molar refractivity (Wildman–Crippen MR) is 129 cm³/mol. The summed E-state index contributed by atoms with van der Waals surface area (Å²) in [5.74, 6) is -3.75. The molecule has 1 amide bonds. The summed E-state index contributed by atoms with van der Waals surface area (Å²) in [6.07, 6.45) is -1.54. The number of amides is 1. The number of piperidine rings is 1. The van der Waals surface area contributed by atoms with Crippen LogP contribution in [0.5, 0.6) is 0 Å². The fraction of sp³-hybridized carbons (Fsp3) is 0.348. The summed E-state index contributed by atoms with van der Waals surface area (Å²) in [6, 6.07) is 5.97. The lowest BCUT2D eigenvalue weighted by molar-refractivity contribution is -0.192. The number of hydrogen-bond acceptors (Lipinski definition) is 4. The van der Waals surface area contributed by atoms with Gasteiger partial charge in [0, 0.05) is 24.4 Å². The largest absolute Gasteiger partial charge is 0.490 e. The van der Waals surface area contributed by atoms with Gasteiger partial charge in [-0.15, -0.1) is 0 Å². The number of aromatic amines is 1. The second-order valence-corrected chi connectivity index (χ2v) is 9.22. The second kappa shape index (κ2) is 11.5. The molecule has 1 fully saturated rings. The van der Waals surface area contributed by atoms with Crippen molar-refractivity contribution in [2.24, 2.45) is 0 Å². The molecule has 0 saturated carbocycles. The molecule has 3 heterocycles. The van der Waals surface area contributed by atoms with Gasteiger partial charge in [0.05, 0.1) is 10.6 Å². The topological polar surface area (TPSA) is 107 Å². The number of carboxylic acid groups (broad SMARTS) is 1. The molecule has 1 aliphatic rings. The van der Waals surface area contributed by atoms with Crippen LogP contribution in [0.3, 0.4) is 0 Å². The number of nitrogens with zero attached hydrogens (tertiary/aromatic N) is 2. The van der Waals surface area contributed by atoms with Crippen LogP contribution >= 0.6 is 23.2 Å². The summed E-state index contributed by atoms with van der Waals surface area (Å²) in [7, 11) is 2.04. The van der Waals surface area contributed by atoms with Gasteiger partial charge in [-0.25, -0.2) is 9.18 Å². The summed E-state index contributed by atoms with van der Waals surface area (Å²) in [4.78, 5) is 38.5. The molecule has 2 aromatic heterocycles. The van der Waals surface area contributed by atoms with E-state index >= 15 is 0 Å². The number of hydrogen-bond donors (Lipinski definition) is 3. The molecule has 0 radical (unpaired) electrons. The smallest absolute Gasteiger partial charge is 0.475 e. The summed E-state index contributed by atoms with van der Waals surface area (Å²) in [5.41, 5.74) is 1.38. The number of nitrogens with one attached hydrogen (secondary N) is 2. The Labute approximate surface area is 217 Å². The number of aromatic nitrogens is 2. The highest BCUT2D eigenvalue weighted by atomic mass is 35.5. The van der Waals surface area contributed by atoms with Gasteiger partial charge in [-0.1, -0.05) is 29.3 Å². The molecule has 200 valence electrons. The number of carbonyl (C=O) groups excluding carboxylic acids is 1. The molecular formula is C23H22Cl2F4N4O4. The maximum atomic E-state index is 14.4. The van der Waals surface area contributed by atoms with E-state index in [-0.39, 0.29) is 27.3 Å². The van der Waals surface area contributed by atoms with Gasteiger partial charge >= 0.3 is 12.1 Å². The third-order valence-electron chi connectivity index (χ3n) is 5.74. The third kappa shape index (κ3) is 7.02. The Kier molecular flexibility index (Phi) is 8.88. The predicted octanol–water partition coefficient (Wildman–Crippen LogP) is 4.12. The van der Waals surface area contributed by atoms with Gasteiger partial charge < -0.3 is 20.3 Å². The molecule has 0 atom stereocenters. The minimum atomic E-state index is -5.08. The number of halogens is 6. The molecule has 1 saturated heterocycles. The standard InChI is InChI=1S/C21H21Cl2FN4O2.C2HF3O2/c1-27-6-4-13(5-7-27)26-20(29)15-9-12(2-3-17(15)24)8-14-11-25-21(30)18-10-16(22)19(23)28(14)18;3-2(4,5)1(6)7/h2-3,9-11,13H,4-8H2,1H3,(H,25,30)(H,26,29);(H,6,7). The SMILES string of the molecule is CN1CCC(NC(=O)c2cc(Cc3c[nH]c(=O)c4cc(Cl)c(Cl)n34)ccc2F)CC1.O=C(O)C(F)(F)F. The maximum absolute atomic E-state index is 14.4. The molecule has 8 nitrogen and oxygen atoms in total. The van der Waals surface area contributed by atoms with Gasteiger partial charge in [0.25, 0.3) is 11.5 Å². The minimum Gasteiger partial charge on any atom is -0.475 e. The number of H-pyrrole nitrogens is 1. The first kappa shape index (κ1) is 28.5. The molecule has 0 bridgehead atoms. The molecular weight excluding hydrogens is 543 g/mol. The molecule has 1 aliphatic heterocycles. The number of alkyl halides is 3. The van der Waals surface area contributed by atoms with E-state index in [0.717, 1.165) is 25.9 Å². The van der Waals surface area contributed by atoms with Crippen LogP contribution < -0.4 is 10.9 Å². The van der Waals surface area contributed by atoms with Crippen molar-refractivity contribution in [1.29, 1.82) is 0 Å². The van der Waals surface area contributed by atoms with Crippen molar-refractivity contribution in [3.63, 3.8) is 0 Å². The summed E-state index contributed by atoms with van der Waals surface area (Å²) in [5, 5.41) is 10.6. The third-order valence-corrected chi connectivity index (χ3v) is 6.50. The van der Waals surface area contributed by atoms with Gasteiger partial charge in [0.1, 0.15) is 16.5 Å². The Morgan fingerprint density at radius 1 is 1.19 bits per heavy atom. The average molecular weight is 565 g/mol. The molecule has 1 aromatic carbocycles. The maximum Gasteiger partial charge on any atom is 0.490 e. The lowest BCUT2D eigenvalue weighted by Gasteiger charge is -2.29. The van der Waals surface area contributed by atoms with Crippen LogP contribution in [0.15, 0.2) is 35.3 Å². The number of rotatable bonds is 4. The molecule has 4 rings (SSSR count). The van der Waals surface area contributed by atoms with E-state index in [0.29, 0.717) is 23.2 Å². The fourth-order valence-corrected chi connectivity index (χ4v) is 4.25. The minimum absolute atomic E-state index is 0.00346. The van der Waals surface area contributed by atoms with Crippen LogP contribution in [0.25, 0.3) is 5.52 Å². The zero-order valence-corrected chi connectivity index (χ0v) is 20.8. The van der Waals surface area contributed by atoms with Crippen molar-refractivity contribution in [2.75, 3.05) is 20.1 Å². The molecule has 0 spiro atoms. The quantitative estimate of drug-likeness (QED) is 0.413. The van der Waals surface area contributed by atoms with Crippen molar-refractivity contribution < 1.29 is 32.3 Å². The van der Waals surface area contributed by atoms with E-state index in [1.807, 2.05) is 7.05 Å². The van der Waals surface area contributed by atoms with E-state index in [9.17, 15) is 27.2 Å². The number of benzene rings is 1. The van der Waals surface area contributed by atoms with Gasteiger partial charge in [-0.3, -0.25) is 14.0 Å². The van der Waals surface area contributed by atoms with E-state index in [2.05, 4.69) is 15.2 Å². The zero-order chi connectivity index (χ0) is 27.5. The Balaban J connectivity index is 0.000000479. The fourth-order valence-electron chi connectivity index (χ4n) is 3.80. The molecule has 0 aliphatic carbocycles. The normalized spacial score (nSPS) is 14.8. The van der Waals surface area contributed by atoms with E-state index in [4.69, 9.17) is 33.1 Å². The number of carbonyl (C=O) groups is 2. The molecule has 14 heteroatoms. The van der Waals surface area contributed by atoms with Crippen molar-refractivity contribution >= 4 is 40.6 Å². The summed E-state index contributed by atoms with van der Waals surface area (Å²) >= 11 is 12.3. The monoisotopic (exact) mass is 564 g/mol. The van der Waals surface area contributed by atoms with E-state index < -0.39 is 23.9 Å². The van der Waals surface area contributed by atoms with Crippen LogP contribution in [0.1, 0.15) is 34.5 Å². The van der Waals surface area contributed by atoms with Crippen molar-refractivity contribution in [1.82, 2.24) is 19.6 Å². The van der Waals surface area contributed by atoms with Crippen LogP contribution in [0.4, 0.5) is 17.6 Å². The second-order valence-electron chi connectivity index (χ2n) is 8.46. The van der Waals surface area contributed by atoms with Crippen LogP contribution in [0, 0.1) is 5.82 Å². The van der Waals surface area contributed by atoms with Gasteiger partial charge in [0.15, 0.2) is 0 Å². The highest BCUT2D eigenvalue weighted by Gasteiger charge is 2.38. The number of carboxylic acids is 1. The van der Waals surface area contributed by atoms with Gasteiger partial charge in [-0.2, -0.15) is 13.2 Å². The first-order valence-electron chi connectivity index (χ1n) is 10.9.